The molecule has 0 bridgehead atoms. The maximum absolute atomic E-state index is 12.5. The van der Waals surface area contributed by atoms with Gasteiger partial charge in [-0.3, -0.25) is 0 Å². The summed E-state index contributed by atoms with van der Waals surface area (Å²) in [4.78, 5) is 0. The molecule has 0 rings (SSSR count). The average Bonchev–Trinajstić information content (AvgIpc) is 1.65. The van der Waals surface area contributed by atoms with E-state index < -0.39 is 10.8 Å². The number of allylic oxidation sites excluding steroid dienone is 1. The Hall–Kier alpha value is 0.180. The van der Waals surface area contributed by atoms with Crippen LogP contribution in [0.15, 0.2) is 12.2 Å². The molecular formula is C5H6Cl2F2. The second-order valence-corrected chi connectivity index (χ2v) is 2.64. The summed E-state index contributed by atoms with van der Waals surface area (Å²) >= 11 is 9.66. The van der Waals surface area contributed by atoms with Crippen molar-refractivity contribution in [2.45, 2.75) is 17.7 Å². The maximum atomic E-state index is 12.5. The Morgan fingerprint density at radius 1 is 1.78 bits per heavy atom. The van der Waals surface area contributed by atoms with Crippen molar-refractivity contribution in [1.29, 1.82) is 0 Å². The van der Waals surface area contributed by atoms with Crippen molar-refractivity contribution in [3.05, 3.63) is 12.2 Å². The monoisotopic (exact) mass is 174 g/mol. The lowest BCUT2D eigenvalue weighted by molar-refractivity contribution is 0.223. The Morgan fingerprint density at radius 3 is 2.11 bits per heavy atom. The molecule has 0 aromatic rings. The van der Waals surface area contributed by atoms with Crippen LogP contribution >= 0.6 is 23.2 Å². The summed E-state index contributed by atoms with van der Waals surface area (Å²) in [6, 6.07) is 0. The Kier molecular flexibility index (Phi) is 2.90. The van der Waals surface area contributed by atoms with Crippen LogP contribution in [0.2, 0.25) is 0 Å². The summed E-state index contributed by atoms with van der Waals surface area (Å²) < 4.78 is 24.4. The fourth-order valence-electron chi connectivity index (χ4n) is 0.186. The highest BCUT2D eigenvalue weighted by Gasteiger charge is 2.36. The van der Waals surface area contributed by atoms with Crippen molar-refractivity contribution in [2.24, 2.45) is 0 Å². The molecule has 0 aromatic carbocycles. The van der Waals surface area contributed by atoms with Crippen molar-refractivity contribution in [1.82, 2.24) is 0 Å². The molecule has 0 aliphatic carbocycles. The van der Waals surface area contributed by atoms with E-state index in [1.54, 1.807) is 0 Å². The zero-order valence-electron chi connectivity index (χ0n) is 4.80. The lowest BCUT2D eigenvalue weighted by atomic mass is 10.2. The lowest BCUT2D eigenvalue weighted by Crippen LogP contribution is -2.24. The summed E-state index contributed by atoms with van der Waals surface area (Å²) in [5.41, 5.74) is -2.37. The highest BCUT2D eigenvalue weighted by atomic mass is 35.5. The largest absolute Gasteiger partial charge is 0.249 e. The van der Waals surface area contributed by atoms with E-state index >= 15 is 0 Å². The molecule has 0 saturated carbocycles. The molecule has 0 spiro atoms. The first-order valence-corrected chi connectivity index (χ1v) is 3.02. The molecule has 0 aromatic heterocycles. The summed E-state index contributed by atoms with van der Waals surface area (Å²) in [5, 5.41) is -2.62. The van der Waals surface area contributed by atoms with E-state index in [0.717, 1.165) is 0 Å². The van der Waals surface area contributed by atoms with Gasteiger partial charge in [0.05, 0.1) is 0 Å². The Bertz CT molecular complexity index is 120. The highest BCUT2D eigenvalue weighted by Crippen LogP contribution is 2.33. The maximum Gasteiger partial charge on any atom is 0.249 e. The molecule has 0 N–H and O–H groups in total. The van der Waals surface area contributed by atoms with Gasteiger partial charge in [-0.2, -0.15) is 0 Å². The van der Waals surface area contributed by atoms with Gasteiger partial charge in [0.25, 0.3) is 0 Å². The zero-order valence-corrected chi connectivity index (χ0v) is 6.31. The van der Waals surface area contributed by atoms with Gasteiger partial charge in [-0.1, -0.05) is 29.8 Å². The number of halogens is 4. The third-order valence-corrected chi connectivity index (χ3v) is 1.77. The van der Waals surface area contributed by atoms with Crippen LogP contribution in [0.1, 0.15) is 6.92 Å². The number of alkyl halides is 4. The van der Waals surface area contributed by atoms with E-state index in [2.05, 4.69) is 6.58 Å². The van der Waals surface area contributed by atoms with E-state index in [-0.39, 0.29) is 5.57 Å². The van der Waals surface area contributed by atoms with Crippen LogP contribution in [0.3, 0.4) is 0 Å². The van der Waals surface area contributed by atoms with E-state index in [1.165, 1.54) is 6.92 Å². The van der Waals surface area contributed by atoms with Crippen LogP contribution in [0.4, 0.5) is 8.78 Å². The van der Waals surface area contributed by atoms with Gasteiger partial charge < -0.3 is 0 Å². The summed E-state index contributed by atoms with van der Waals surface area (Å²) in [6.45, 7) is 4.38. The van der Waals surface area contributed by atoms with Crippen LogP contribution in [-0.2, 0) is 0 Å². The Balaban J connectivity index is 4.19. The molecular weight excluding hydrogens is 169 g/mol. The summed E-state index contributed by atoms with van der Waals surface area (Å²) in [5.74, 6) is 0. The summed E-state index contributed by atoms with van der Waals surface area (Å²) in [7, 11) is 0. The topological polar surface area (TPSA) is 0 Å². The SMILES string of the molecule is C=C(C)C(F)(Cl)C(F)Cl. The van der Waals surface area contributed by atoms with Crippen molar-refractivity contribution in [3.63, 3.8) is 0 Å². The molecule has 0 heterocycles. The normalized spacial score (nSPS) is 20.6. The average molecular weight is 175 g/mol. The quantitative estimate of drug-likeness (QED) is 0.447. The molecule has 2 unspecified atom stereocenters. The van der Waals surface area contributed by atoms with Crippen LogP contribution in [0.5, 0.6) is 0 Å². The minimum atomic E-state index is -2.62. The minimum absolute atomic E-state index is 0.133. The van der Waals surface area contributed by atoms with Gasteiger partial charge in [0.2, 0.25) is 10.8 Å². The van der Waals surface area contributed by atoms with Gasteiger partial charge in [0, 0.05) is 0 Å². The van der Waals surface area contributed by atoms with Crippen LogP contribution in [0, 0.1) is 0 Å². The number of rotatable bonds is 2. The molecule has 0 nitrogen and oxygen atoms in total. The molecule has 9 heavy (non-hydrogen) atoms. The number of hydrogen-bond donors (Lipinski definition) is 0. The molecule has 54 valence electrons. The van der Waals surface area contributed by atoms with Gasteiger partial charge in [-0.25, -0.2) is 8.78 Å². The van der Waals surface area contributed by atoms with Gasteiger partial charge >= 0.3 is 0 Å². The first-order chi connectivity index (χ1) is 3.89. The number of hydrogen-bond acceptors (Lipinski definition) is 0. The van der Waals surface area contributed by atoms with E-state index in [9.17, 15) is 8.78 Å². The van der Waals surface area contributed by atoms with Gasteiger partial charge in [0.15, 0.2) is 0 Å². The minimum Gasteiger partial charge on any atom is -0.225 e. The second-order valence-electron chi connectivity index (χ2n) is 1.70. The predicted molar refractivity (Wildman–Crippen MR) is 35.3 cm³/mol. The second kappa shape index (κ2) is 2.84. The zero-order chi connectivity index (χ0) is 7.65. The fraction of sp³-hybridized carbons (Fsp3) is 0.600. The van der Waals surface area contributed by atoms with Crippen molar-refractivity contribution < 1.29 is 8.78 Å². The first kappa shape index (κ1) is 9.18. The molecule has 0 aliphatic rings. The van der Waals surface area contributed by atoms with Gasteiger partial charge in [0.1, 0.15) is 0 Å². The molecule has 0 aliphatic heterocycles. The van der Waals surface area contributed by atoms with Crippen LogP contribution in [-0.4, -0.2) is 10.8 Å². The van der Waals surface area contributed by atoms with Crippen molar-refractivity contribution in [2.75, 3.05) is 0 Å². The van der Waals surface area contributed by atoms with Crippen molar-refractivity contribution in [3.8, 4) is 0 Å². The van der Waals surface area contributed by atoms with Crippen LogP contribution < -0.4 is 0 Å². The van der Waals surface area contributed by atoms with Crippen LogP contribution in [0.25, 0.3) is 0 Å². The molecule has 0 fully saturated rings. The molecule has 4 heteroatoms. The van der Waals surface area contributed by atoms with Gasteiger partial charge in [-0.05, 0) is 12.5 Å². The summed E-state index contributed by atoms with van der Waals surface area (Å²) in [6.07, 6.45) is 0. The Labute approximate surface area is 62.4 Å². The Morgan fingerprint density at radius 2 is 2.11 bits per heavy atom. The van der Waals surface area contributed by atoms with E-state index in [4.69, 9.17) is 23.2 Å². The molecule has 0 radical (unpaired) electrons. The molecule has 2 atom stereocenters. The third-order valence-electron chi connectivity index (χ3n) is 0.843. The molecule has 0 saturated heterocycles. The molecule has 0 amide bonds. The van der Waals surface area contributed by atoms with Gasteiger partial charge in [-0.15, -0.1) is 0 Å². The first-order valence-electron chi connectivity index (χ1n) is 2.21. The third kappa shape index (κ3) is 2.11. The standard InChI is InChI=1S/C5H6Cl2F2/c1-3(2)5(7,9)4(6)8/h4H,1H2,2H3. The predicted octanol–water partition coefficient (Wildman–Crippen LogP) is 3.00. The fourth-order valence-corrected chi connectivity index (χ4v) is 0.373. The van der Waals surface area contributed by atoms with Crippen molar-refractivity contribution >= 4 is 23.2 Å². The van der Waals surface area contributed by atoms with E-state index in [0.29, 0.717) is 0 Å². The lowest BCUT2D eigenvalue weighted by Gasteiger charge is -2.16. The smallest absolute Gasteiger partial charge is 0.225 e. The van der Waals surface area contributed by atoms with E-state index in [1.807, 2.05) is 0 Å². The highest BCUT2D eigenvalue weighted by molar-refractivity contribution is 6.32.